The van der Waals surface area contributed by atoms with Crippen molar-refractivity contribution < 1.29 is 8.78 Å². The van der Waals surface area contributed by atoms with Crippen molar-refractivity contribution in [2.45, 2.75) is 25.8 Å². The average molecular weight is 194 g/mol. The van der Waals surface area contributed by atoms with Crippen LogP contribution in [0.2, 0.25) is 0 Å². The van der Waals surface area contributed by atoms with Gasteiger partial charge >= 0.3 is 0 Å². The van der Waals surface area contributed by atoms with Gasteiger partial charge < -0.3 is 5.32 Å². The Morgan fingerprint density at radius 3 is 2.92 bits per heavy atom. The van der Waals surface area contributed by atoms with Crippen LogP contribution >= 0.6 is 11.8 Å². The molecule has 0 spiro atoms. The summed E-state index contributed by atoms with van der Waals surface area (Å²) < 4.78 is 23.7. The molecule has 0 aromatic carbocycles. The van der Waals surface area contributed by atoms with Crippen molar-refractivity contribution in [2.24, 2.45) is 4.99 Å². The van der Waals surface area contributed by atoms with Gasteiger partial charge in [0.2, 0.25) is 6.43 Å². The molecular formula is C7H12F2N2S. The molecule has 0 bridgehead atoms. The lowest BCUT2D eigenvalue weighted by molar-refractivity contribution is 0.128. The van der Waals surface area contributed by atoms with E-state index in [1.807, 2.05) is 0 Å². The van der Waals surface area contributed by atoms with Crippen LogP contribution in [-0.2, 0) is 0 Å². The number of halogens is 2. The Kier molecular flexibility index (Phi) is 3.78. The summed E-state index contributed by atoms with van der Waals surface area (Å²) in [6.07, 6.45) is -2.35. The van der Waals surface area contributed by atoms with Crippen molar-refractivity contribution in [3.63, 3.8) is 0 Å². The minimum absolute atomic E-state index is 0.112. The maximum absolute atomic E-state index is 11.9. The minimum atomic E-state index is -2.24. The van der Waals surface area contributed by atoms with E-state index < -0.39 is 6.43 Å². The zero-order valence-corrected chi connectivity index (χ0v) is 7.70. The molecule has 0 aromatic rings. The Labute approximate surface area is 74.8 Å². The van der Waals surface area contributed by atoms with E-state index in [0.29, 0.717) is 0 Å². The summed E-state index contributed by atoms with van der Waals surface area (Å²) in [6, 6.07) is -0.186. The molecule has 0 aliphatic carbocycles. The van der Waals surface area contributed by atoms with Gasteiger partial charge in [0.1, 0.15) is 0 Å². The van der Waals surface area contributed by atoms with Gasteiger partial charge in [-0.25, -0.2) is 8.78 Å². The topological polar surface area (TPSA) is 24.4 Å². The fourth-order valence-corrected chi connectivity index (χ4v) is 1.80. The first-order valence-electron chi connectivity index (χ1n) is 3.90. The standard InChI is InChI=1S/C7H12F2N2S/c1-5(4-6(8)9)11-7-10-2-3-12-7/h5-6H,2-4H2,1H3,(H,10,11). The van der Waals surface area contributed by atoms with Crippen molar-refractivity contribution in [1.82, 2.24) is 5.32 Å². The molecule has 12 heavy (non-hydrogen) atoms. The van der Waals surface area contributed by atoms with Crippen LogP contribution in [0.3, 0.4) is 0 Å². The van der Waals surface area contributed by atoms with Gasteiger partial charge in [-0.15, -0.1) is 0 Å². The third-order valence-corrected chi connectivity index (χ3v) is 2.39. The first kappa shape index (κ1) is 9.77. The summed E-state index contributed by atoms with van der Waals surface area (Å²) >= 11 is 1.59. The molecule has 0 radical (unpaired) electrons. The highest BCUT2D eigenvalue weighted by Crippen LogP contribution is 2.11. The van der Waals surface area contributed by atoms with Crippen LogP contribution in [0.1, 0.15) is 13.3 Å². The molecule has 5 heteroatoms. The number of nitrogens with zero attached hydrogens (tertiary/aromatic N) is 1. The fourth-order valence-electron chi connectivity index (χ4n) is 0.959. The lowest BCUT2D eigenvalue weighted by atomic mass is 10.2. The van der Waals surface area contributed by atoms with Gasteiger partial charge in [-0.2, -0.15) is 0 Å². The molecule has 0 fully saturated rings. The van der Waals surface area contributed by atoms with E-state index in [2.05, 4.69) is 10.3 Å². The van der Waals surface area contributed by atoms with Gasteiger partial charge in [0, 0.05) is 18.2 Å². The second-order valence-corrected chi connectivity index (χ2v) is 3.79. The van der Waals surface area contributed by atoms with Crippen molar-refractivity contribution in [3.05, 3.63) is 0 Å². The van der Waals surface area contributed by atoms with Crippen molar-refractivity contribution in [3.8, 4) is 0 Å². The Balaban J connectivity index is 2.21. The maximum Gasteiger partial charge on any atom is 0.240 e. The van der Waals surface area contributed by atoms with Crippen LogP contribution < -0.4 is 5.32 Å². The van der Waals surface area contributed by atoms with Crippen LogP contribution in [0, 0.1) is 0 Å². The average Bonchev–Trinajstić information content (AvgIpc) is 2.37. The predicted molar refractivity (Wildman–Crippen MR) is 48.0 cm³/mol. The number of hydrogen-bond acceptors (Lipinski definition) is 3. The molecule has 1 unspecified atom stereocenters. The number of nitrogens with one attached hydrogen (secondary N) is 1. The zero-order valence-electron chi connectivity index (χ0n) is 6.89. The number of hydrogen-bond donors (Lipinski definition) is 1. The van der Waals surface area contributed by atoms with Gasteiger partial charge in [0.05, 0.1) is 6.54 Å². The normalized spacial score (nSPS) is 19.5. The first-order chi connectivity index (χ1) is 5.68. The van der Waals surface area contributed by atoms with E-state index in [0.717, 1.165) is 17.5 Å². The van der Waals surface area contributed by atoms with Gasteiger partial charge in [0.15, 0.2) is 5.17 Å². The van der Waals surface area contributed by atoms with E-state index in [-0.39, 0.29) is 12.5 Å². The van der Waals surface area contributed by atoms with Gasteiger partial charge in [-0.1, -0.05) is 11.8 Å². The minimum Gasteiger partial charge on any atom is -0.362 e. The third kappa shape index (κ3) is 3.38. The van der Waals surface area contributed by atoms with E-state index in [4.69, 9.17) is 0 Å². The lowest BCUT2D eigenvalue weighted by Crippen LogP contribution is -2.31. The molecule has 2 nitrogen and oxygen atoms in total. The Morgan fingerprint density at radius 2 is 2.42 bits per heavy atom. The molecule has 1 aliphatic rings. The molecular weight excluding hydrogens is 182 g/mol. The summed E-state index contributed by atoms with van der Waals surface area (Å²) in [7, 11) is 0. The number of aliphatic imine (C=N–C) groups is 1. The van der Waals surface area contributed by atoms with Crippen LogP contribution in [0.5, 0.6) is 0 Å². The number of alkyl halides is 2. The Bertz CT molecular complexity index is 173. The van der Waals surface area contributed by atoms with Crippen LogP contribution in [0.4, 0.5) is 8.78 Å². The Hall–Kier alpha value is -0.320. The monoisotopic (exact) mass is 194 g/mol. The molecule has 1 N–H and O–H groups in total. The molecule has 0 saturated carbocycles. The van der Waals surface area contributed by atoms with Crippen LogP contribution in [0.25, 0.3) is 0 Å². The summed E-state index contributed by atoms with van der Waals surface area (Å²) in [5.74, 6) is 0.962. The highest BCUT2D eigenvalue weighted by Gasteiger charge is 2.13. The quantitative estimate of drug-likeness (QED) is 0.739. The second kappa shape index (κ2) is 4.64. The highest BCUT2D eigenvalue weighted by molar-refractivity contribution is 8.14. The summed E-state index contributed by atoms with van der Waals surface area (Å²) in [5.41, 5.74) is 0. The number of amidine groups is 1. The molecule has 0 saturated heterocycles. The summed E-state index contributed by atoms with van der Waals surface area (Å²) in [4.78, 5) is 4.11. The zero-order chi connectivity index (χ0) is 8.97. The lowest BCUT2D eigenvalue weighted by Gasteiger charge is -2.13. The second-order valence-electron chi connectivity index (χ2n) is 2.71. The maximum atomic E-state index is 11.9. The molecule has 0 aromatic heterocycles. The fraction of sp³-hybridized carbons (Fsp3) is 0.857. The number of rotatable bonds is 3. The van der Waals surface area contributed by atoms with Crippen molar-refractivity contribution in [2.75, 3.05) is 12.3 Å². The van der Waals surface area contributed by atoms with Crippen LogP contribution in [0.15, 0.2) is 4.99 Å². The first-order valence-corrected chi connectivity index (χ1v) is 4.89. The largest absolute Gasteiger partial charge is 0.362 e. The molecule has 70 valence electrons. The molecule has 0 amide bonds. The summed E-state index contributed by atoms with van der Waals surface area (Å²) in [6.45, 7) is 2.54. The van der Waals surface area contributed by atoms with Gasteiger partial charge in [-0.3, -0.25) is 4.99 Å². The molecule has 1 heterocycles. The molecule has 1 aliphatic heterocycles. The van der Waals surface area contributed by atoms with Crippen molar-refractivity contribution in [1.29, 1.82) is 0 Å². The van der Waals surface area contributed by atoms with Crippen molar-refractivity contribution >= 4 is 16.9 Å². The smallest absolute Gasteiger partial charge is 0.240 e. The van der Waals surface area contributed by atoms with Crippen LogP contribution in [-0.4, -0.2) is 29.9 Å². The predicted octanol–water partition coefficient (Wildman–Crippen LogP) is 1.72. The summed E-state index contributed by atoms with van der Waals surface area (Å²) in [5, 5.41) is 3.75. The van der Waals surface area contributed by atoms with Gasteiger partial charge in [0.25, 0.3) is 0 Å². The molecule has 1 rings (SSSR count). The SMILES string of the molecule is CC(CC(F)F)NC1=NCCS1. The van der Waals surface area contributed by atoms with E-state index in [1.165, 1.54) is 0 Å². The molecule has 1 atom stereocenters. The van der Waals surface area contributed by atoms with E-state index in [9.17, 15) is 8.78 Å². The van der Waals surface area contributed by atoms with E-state index >= 15 is 0 Å². The third-order valence-electron chi connectivity index (χ3n) is 1.49. The highest BCUT2D eigenvalue weighted by atomic mass is 32.2. The number of thioether (sulfide) groups is 1. The Morgan fingerprint density at radius 1 is 1.67 bits per heavy atom. The van der Waals surface area contributed by atoms with E-state index in [1.54, 1.807) is 18.7 Å². The van der Waals surface area contributed by atoms with Gasteiger partial charge in [-0.05, 0) is 6.92 Å².